The third kappa shape index (κ3) is 5.04. The number of ether oxygens (including phenoxy) is 1. The number of amides is 2. The molecule has 2 rings (SSSR count). The Labute approximate surface area is 151 Å². The molecule has 0 aliphatic heterocycles. The molecule has 0 atom stereocenters. The van der Waals surface area contributed by atoms with E-state index in [9.17, 15) is 9.59 Å². The smallest absolute Gasteiger partial charge is 0.257 e. The molecule has 1 aromatic heterocycles. The molecule has 136 valence electrons. The zero-order valence-corrected chi connectivity index (χ0v) is 14.6. The summed E-state index contributed by atoms with van der Waals surface area (Å²) >= 11 is 0. The van der Waals surface area contributed by atoms with Gasteiger partial charge in [0.25, 0.3) is 11.8 Å². The van der Waals surface area contributed by atoms with Crippen LogP contribution in [0.4, 0.5) is 0 Å². The number of hydrogen-bond acceptors (Lipinski definition) is 5. The fraction of sp³-hybridized carbons (Fsp3) is 0.222. The van der Waals surface area contributed by atoms with Crippen molar-refractivity contribution in [2.24, 2.45) is 5.73 Å². The maximum absolute atomic E-state index is 12.3. The van der Waals surface area contributed by atoms with Crippen LogP contribution in [0.1, 0.15) is 27.0 Å². The van der Waals surface area contributed by atoms with Gasteiger partial charge in [0.15, 0.2) is 6.61 Å². The lowest BCUT2D eigenvalue weighted by molar-refractivity contribution is -0.122. The number of rotatable bonds is 7. The van der Waals surface area contributed by atoms with Gasteiger partial charge in [-0.1, -0.05) is 12.1 Å². The molecule has 8 nitrogen and oxygen atoms in total. The number of benzene rings is 1. The molecule has 0 spiro atoms. The second-order valence-electron chi connectivity index (χ2n) is 5.63. The third-order valence-corrected chi connectivity index (χ3v) is 3.59. The van der Waals surface area contributed by atoms with Crippen molar-refractivity contribution in [1.29, 1.82) is 5.41 Å². The van der Waals surface area contributed by atoms with Crippen molar-refractivity contribution < 1.29 is 14.3 Å². The van der Waals surface area contributed by atoms with Gasteiger partial charge < -0.3 is 21.1 Å². The Morgan fingerprint density at radius 2 is 2.00 bits per heavy atom. The average molecular weight is 355 g/mol. The highest BCUT2D eigenvalue weighted by Crippen LogP contribution is 2.21. The maximum Gasteiger partial charge on any atom is 0.257 e. The largest absolute Gasteiger partial charge is 0.483 e. The first-order valence-corrected chi connectivity index (χ1v) is 7.91. The molecule has 1 aromatic carbocycles. The van der Waals surface area contributed by atoms with E-state index in [4.69, 9.17) is 15.9 Å². The van der Waals surface area contributed by atoms with Crippen LogP contribution in [0.5, 0.6) is 5.75 Å². The van der Waals surface area contributed by atoms with Crippen molar-refractivity contribution in [3.8, 4) is 5.75 Å². The molecule has 0 aliphatic rings. The normalized spacial score (nSPS) is 10.1. The molecule has 1 heterocycles. The molecular weight excluding hydrogens is 334 g/mol. The molecule has 0 saturated heterocycles. The zero-order valence-electron chi connectivity index (χ0n) is 14.6. The summed E-state index contributed by atoms with van der Waals surface area (Å²) in [6.07, 6.45) is 3.16. The number of pyridine rings is 1. The number of aryl methyl sites for hydroxylation is 1. The number of nitrogens with one attached hydrogen (secondary N) is 3. The van der Waals surface area contributed by atoms with Crippen LogP contribution in [0, 0.1) is 12.3 Å². The van der Waals surface area contributed by atoms with E-state index in [1.54, 1.807) is 30.5 Å². The number of likely N-dealkylation sites (N-methyl/N-ethyl adjacent to an activating group) is 1. The van der Waals surface area contributed by atoms with Crippen molar-refractivity contribution in [2.45, 2.75) is 13.5 Å². The number of nitrogens with two attached hydrogens (primary N) is 1. The highest BCUT2D eigenvalue weighted by atomic mass is 16.5. The Morgan fingerprint density at radius 3 is 2.65 bits per heavy atom. The van der Waals surface area contributed by atoms with Gasteiger partial charge in [-0.2, -0.15) is 0 Å². The Hall–Kier alpha value is -3.42. The van der Waals surface area contributed by atoms with Gasteiger partial charge in [-0.25, -0.2) is 0 Å². The minimum absolute atomic E-state index is 0.115. The average Bonchev–Trinajstić information content (AvgIpc) is 2.64. The number of nitrogen functional groups attached to an aromatic ring is 1. The van der Waals surface area contributed by atoms with Crippen molar-refractivity contribution in [3.05, 3.63) is 58.9 Å². The highest BCUT2D eigenvalue weighted by Gasteiger charge is 2.11. The Bertz CT molecular complexity index is 835. The van der Waals surface area contributed by atoms with Gasteiger partial charge >= 0.3 is 0 Å². The molecular formula is C18H21N5O3. The lowest BCUT2D eigenvalue weighted by atomic mass is 10.1. The van der Waals surface area contributed by atoms with E-state index in [0.717, 1.165) is 5.56 Å². The molecule has 0 aliphatic carbocycles. The van der Waals surface area contributed by atoms with Crippen molar-refractivity contribution >= 4 is 17.6 Å². The summed E-state index contributed by atoms with van der Waals surface area (Å²) in [6, 6.07) is 6.67. The molecule has 0 fully saturated rings. The standard InChI is InChI=1S/C18H21N5O3/c1-11-5-14(8-22-7-11)18(25)23-9-13-4-3-12(17(19)20)6-15(13)26-10-16(24)21-2/h3-8H,9-10H2,1-2H3,(H3,19,20)(H,21,24)(H,23,25). The number of carbonyl (C=O) groups is 2. The van der Waals surface area contributed by atoms with Crippen LogP contribution in [0.15, 0.2) is 36.7 Å². The first kappa shape index (κ1) is 18.9. The Balaban J connectivity index is 2.14. The fourth-order valence-corrected chi connectivity index (χ4v) is 2.17. The highest BCUT2D eigenvalue weighted by molar-refractivity contribution is 5.95. The van der Waals surface area contributed by atoms with E-state index in [1.165, 1.54) is 13.2 Å². The summed E-state index contributed by atoms with van der Waals surface area (Å²) in [5.74, 6) is -0.298. The molecule has 2 aromatic rings. The second kappa shape index (κ2) is 8.61. The number of amidine groups is 1. The van der Waals surface area contributed by atoms with E-state index < -0.39 is 0 Å². The SMILES string of the molecule is CNC(=O)COc1cc(C(=N)N)ccc1CNC(=O)c1cncc(C)c1. The molecule has 0 unspecified atom stereocenters. The van der Waals surface area contributed by atoms with Gasteiger partial charge in [0.1, 0.15) is 11.6 Å². The van der Waals surface area contributed by atoms with Gasteiger partial charge in [-0.15, -0.1) is 0 Å². The molecule has 2 amide bonds. The Kier molecular flexibility index (Phi) is 6.26. The molecule has 26 heavy (non-hydrogen) atoms. The third-order valence-electron chi connectivity index (χ3n) is 3.59. The lowest BCUT2D eigenvalue weighted by Gasteiger charge is -2.13. The molecule has 5 N–H and O–H groups in total. The van der Waals surface area contributed by atoms with Gasteiger partial charge in [-0.3, -0.25) is 20.0 Å². The minimum Gasteiger partial charge on any atom is -0.483 e. The van der Waals surface area contributed by atoms with Crippen molar-refractivity contribution in [2.75, 3.05) is 13.7 Å². The van der Waals surface area contributed by atoms with Crippen molar-refractivity contribution in [1.82, 2.24) is 15.6 Å². The van der Waals surface area contributed by atoms with Crippen LogP contribution < -0.4 is 21.1 Å². The summed E-state index contributed by atoms with van der Waals surface area (Å²) in [5.41, 5.74) is 7.97. The first-order chi connectivity index (χ1) is 12.4. The van der Waals surface area contributed by atoms with Crippen LogP contribution in [-0.2, 0) is 11.3 Å². The molecule has 0 bridgehead atoms. The summed E-state index contributed by atoms with van der Waals surface area (Å²) < 4.78 is 5.51. The van der Waals surface area contributed by atoms with Gasteiger partial charge in [-0.05, 0) is 24.6 Å². The monoisotopic (exact) mass is 355 g/mol. The van der Waals surface area contributed by atoms with Crippen LogP contribution in [0.2, 0.25) is 0 Å². The van der Waals surface area contributed by atoms with E-state index in [1.807, 2.05) is 6.92 Å². The predicted octanol–water partition coefficient (Wildman–Crippen LogP) is 0.729. The van der Waals surface area contributed by atoms with Crippen LogP contribution in [0.25, 0.3) is 0 Å². The lowest BCUT2D eigenvalue weighted by Crippen LogP contribution is -2.26. The molecule has 0 radical (unpaired) electrons. The zero-order chi connectivity index (χ0) is 19.1. The summed E-state index contributed by atoms with van der Waals surface area (Å²) in [5, 5.41) is 12.8. The molecule has 8 heteroatoms. The van der Waals surface area contributed by atoms with E-state index in [0.29, 0.717) is 22.4 Å². The number of aromatic nitrogens is 1. The Morgan fingerprint density at radius 1 is 1.23 bits per heavy atom. The van der Waals surface area contributed by atoms with E-state index >= 15 is 0 Å². The van der Waals surface area contributed by atoms with Gasteiger partial charge in [0, 0.05) is 37.1 Å². The maximum atomic E-state index is 12.3. The van der Waals surface area contributed by atoms with Gasteiger partial charge in [0.05, 0.1) is 5.56 Å². The predicted molar refractivity (Wildman–Crippen MR) is 97.2 cm³/mol. The summed E-state index contributed by atoms with van der Waals surface area (Å²) in [7, 11) is 1.51. The second-order valence-corrected chi connectivity index (χ2v) is 5.63. The van der Waals surface area contributed by atoms with Crippen molar-refractivity contribution in [3.63, 3.8) is 0 Å². The van der Waals surface area contributed by atoms with Gasteiger partial charge in [0.2, 0.25) is 0 Å². The number of carbonyl (C=O) groups excluding carboxylic acids is 2. The summed E-state index contributed by atoms with van der Waals surface area (Å²) in [6.45, 7) is 1.86. The fourth-order valence-electron chi connectivity index (χ4n) is 2.17. The topological polar surface area (TPSA) is 130 Å². The summed E-state index contributed by atoms with van der Waals surface area (Å²) in [4.78, 5) is 27.7. The number of hydrogen-bond donors (Lipinski definition) is 4. The van der Waals surface area contributed by atoms with Crippen LogP contribution >= 0.6 is 0 Å². The minimum atomic E-state index is -0.293. The quantitative estimate of drug-likeness (QED) is 0.430. The van der Waals surface area contributed by atoms with Crippen LogP contribution in [-0.4, -0.2) is 36.3 Å². The van der Waals surface area contributed by atoms with E-state index in [-0.39, 0.29) is 30.8 Å². The van der Waals surface area contributed by atoms with Crippen LogP contribution in [0.3, 0.4) is 0 Å². The van der Waals surface area contributed by atoms with E-state index in [2.05, 4.69) is 15.6 Å². The number of nitrogens with zero attached hydrogens (tertiary/aromatic N) is 1. The molecule has 0 saturated carbocycles. The first-order valence-electron chi connectivity index (χ1n) is 7.91.